The average Bonchev–Trinajstić information content (AvgIpc) is 3.31. The Balaban J connectivity index is 1.47. The summed E-state index contributed by atoms with van der Waals surface area (Å²) in [5, 5.41) is 1.63. The zero-order valence-corrected chi connectivity index (χ0v) is 22.4. The summed E-state index contributed by atoms with van der Waals surface area (Å²) in [6.45, 7) is 3.87. The van der Waals surface area contributed by atoms with Gasteiger partial charge in [-0.1, -0.05) is 49.2 Å². The summed E-state index contributed by atoms with van der Waals surface area (Å²) in [7, 11) is -4.04. The number of hydrogen-bond acceptors (Lipinski definition) is 6. The number of para-hydroxylation sites is 1. The number of nitrogens with one attached hydrogen (secondary N) is 2. The van der Waals surface area contributed by atoms with Crippen molar-refractivity contribution in [2.24, 2.45) is 0 Å². The van der Waals surface area contributed by atoms with Crippen LogP contribution in [0.2, 0.25) is 0 Å². The van der Waals surface area contributed by atoms with E-state index in [9.17, 15) is 18.0 Å². The molecular weight excluding hydrogens is 516 g/mol. The molecule has 9 heteroatoms. The number of carbonyl (C=O) groups excluding carboxylic acids is 1. The predicted molar refractivity (Wildman–Crippen MR) is 149 cm³/mol. The number of H-pyrrole nitrogens is 1. The Hall–Kier alpha value is -4.21. The standard InChI is InChI=1S/C30H28N2O6S/c1-3-6-20-16-29(33)38-28-17-22(11-14-25(20)28)37-30(34)27(15-21-18-31-26-8-5-4-7-24(21)26)32-39(35,36)23-12-9-19(2)10-13-23/h4-5,7-14,16-18,27,31-32H,3,6,15H2,1-2H3/t27-/m0/s1. The summed E-state index contributed by atoms with van der Waals surface area (Å²) in [6.07, 6.45) is 3.36. The number of sulfonamides is 1. The normalized spacial score (nSPS) is 12.6. The molecule has 200 valence electrons. The van der Waals surface area contributed by atoms with Crippen LogP contribution in [0.4, 0.5) is 0 Å². The lowest BCUT2D eigenvalue weighted by Gasteiger charge is -2.18. The zero-order chi connectivity index (χ0) is 27.6. The van der Waals surface area contributed by atoms with Crippen molar-refractivity contribution in [2.45, 2.75) is 44.0 Å². The molecule has 0 amide bonds. The number of benzene rings is 3. The minimum atomic E-state index is -4.04. The highest BCUT2D eigenvalue weighted by atomic mass is 32.2. The Bertz CT molecular complexity index is 1820. The molecule has 0 saturated carbocycles. The molecule has 0 fully saturated rings. The van der Waals surface area contributed by atoms with Crippen molar-refractivity contribution in [3.05, 3.63) is 106 Å². The molecule has 0 bridgehead atoms. The monoisotopic (exact) mass is 544 g/mol. The van der Waals surface area contributed by atoms with Gasteiger partial charge in [0.25, 0.3) is 0 Å². The minimum absolute atomic E-state index is 0.0424. The van der Waals surface area contributed by atoms with E-state index in [2.05, 4.69) is 9.71 Å². The summed E-state index contributed by atoms with van der Waals surface area (Å²) in [6, 6.07) is 19.0. The minimum Gasteiger partial charge on any atom is -0.425 e. The Labute approximate surface area is 225 Å². The van der Waals surface area contributed by atoms with Crippen LogP contribution in [-0.2, 0) is 27.7 Å². The molecule has 0 saturated heterocycles. The number of fused-ring (bicyclic) bond motifs is 2. The first-order valence-corrected chi connectivity index (χ1v) is 14.1. The lowest BCUT2D eigenvalue weighted by atomic mass is 10.1. The van der Waals surface area contributed by atoms with Crippen LogP contribution in [0, 0.1) is 6.92 Å². The number of esters is 1. The van der Waals surface area contributed by atoms with E-state index < -0.39 is 27.7 Å². The largest absolute Gasteiger partial charge is 0.425 e. The third kappa shape index (κ3) is 5.79. The second kappa shape index (κ2) is 10.9. The number of ether oxygens (including phenoxy) is 1. The van der Waals surface area contributed by atoms with Crippen molar-refractivity contribution in [1.29, 1.82) is 0 Å². The molecule has 2 N–H and O–H groups in total. The Morgan fingerprint density at radius 3 is 2.54 bits per heavy atom. The molecule has 0 spiro atoms. The van der Waals surface area contributed by atoms with Crippen LogP contribution in [-0.4, -0.2) is 25.4 Å². The first kappa shape index (κ1) is 26.4. The summed E-state index contributed by atoms with van der Waals surface area (Å²) >= 11 is 0. The fourth-order valence-corrected chi connectivity index (χ4v) is 5.79. The van der Waals surface area contributed by atoms with Gasteiger partial charge in [0.2, 0.25) is 10.0 Å². The molecule has 0 aliphatic heterocycles. The maximum atomic E-state index is 13.5. The number of aromatic amines is 1. The van der Waals surface area contributed by atoms with Crippen LogP contribution in [0.25, 0.3) is 21.9 Å². The number of aromatic nitrogens is 1. The molecule has 2 heterocycles. The molecule has 5 rings (SSSR count). The van der Waals surface area contributed by atoms with Crippen LogP contribution in [0.5, 0.6) is 5.75 Å². The van der Waals surface area contributed by atoms with E-state index in [4.69, 9.17) is 9.15 Å². The highest BCUT2D eigenvalue weighted by molar-refractivity contribution is 7.89. The molecule has 0 aliphatic carbocycles. The highest BCUT2D eigenvalue weighted by Gasteiger charge is 2.29. The van der Waals surface area contributed by atoms with Crippen molar-refractivity contribution in [1.82, 2.24) is 9.71 Å². The quantitative estimate of drug-likeness (QED) is 0.153. The second-order valence-electron chi connectivity index (χ2n) is 9.47. The van der Waals surface area contributed by atoms with E-state index in [0.717, 1.165) is 39.4 Å². The van der Waals surface area contributed by atoms with Gasteiger partial charge in [0, 0.05) is 41.0 Å². The molecule has 0 radical (unpaired) electrons. The Morgan fingerprint density at radius 1 is 1.00 bits per heavy atom. The van der Waals surface area contributed by atoms with Gasteiger partial charge in [-0.3, -0.25) is 0 Å². The molecule has 2 aromatic heterocycles. The molecule has 3 aromatic carbocycles. The van der Waals surface area contributed by atoms with Crippen LogP contribution >= 0.6 is 0 Å². The second-order valence-corrected chi connectivity index (χ2v) is 11.2. The predicted octanol–water partition coefficient (Wildman–Crippen LogP) is 5.03. The molecule has 1 atom stereocenters. The van der Waals surface area contributed by atoms with Gasteiger partial charge in [0.15, 0.2) is 0 Å². The number of hydrogen-bond donors (Lipinski definition) is 2. The van der Waals surface area contributed by atoms with Gasteiger partial charge < -0.3 is 14.1 Å². The maximum Gasteiger partial charge on any atom is 0.336 e. The number of aryl methyl sites for hydroxylation is 2. The van der Waals surface area contributed by atoms with E-state index in [1.54, 1.807) is 30.5 Å². The first-order chi connectivity index (χ1) is 18.7. The van der Waals surface area contributed by atoms with E-state index in [1.807, 2.05) is 38.1 Å². The van der Waals surface area contributed by atoms with Crippen molar-refractivity contribution >= 4 is 37.9 Å². The van der Waals surface area contributed by atoms with Gasteiger partial charge in [0.1, 0.15) is 17.4 Å². The summed E-state index contributed by atoms with van der Waals surface area (Å²) in [5.41, 5.74) is 3.20. The van der Waals surface area contributed by atoms with Crippen LogP contribution in [0.1, 0.15) is 30.0 Å². The molecule has 0 unspecified atom stereocenters. The number of rotatable bonds is 9. The topological polar surface area (TPSA) is 118 Å². The van der Waals surface area contributed by atoms with Gasteiger partial charge in [-0.2, -0.15) is 4.72 Å². The molecule has 0 aliphatic rings. The van der Waals surface area contributed by atoms with E-state index in [-0.39, 0.29) is 17.1 Å². The Morgan fingerprint density at radius 2 is 1.77 bits per heavy atom. The maximum absolute atomic E-state index is 13.5. The summed E-state index contributed by atoms with van der Waals surface area (Å²) in [4.78, 5) is 28.7. The van der Waals surface area contributed by atoms with Crippen molar-refractivity contribution in [3.8, 4) is 5.75 Å². The number of carbonyl (C=O) groups is 1. The lowest BCUT2D eigenvalue weighted by Crippen LogP contribution is -2.44. The summed E-state index contributed by atoms with van der Waals surface area (Å²) in [5.74, 6) is -0.648. The fourth-order valence-electron chi connectivity index (χ4n) is 4.60. The smallest absolute Gasteiger partial charge is 0.336 e. The van der Waals surface area contributed by atoms with Crippen LogP contribution in [0.15, 0.2) is 93.1 Å². The zero-order valence-electron chi connectivity index (χ0n) is 21.6. The molecular formula is C30H28N2O6S. The highest BCUT2D eigenvalue weighted by Crippen LogP contribution is 2.25. The van der Waals surface area contributed by atoms with Crippen molar-refractivity contribution in [3.63, 3.8) is 0 Å². The Kier molecular flexibility index (Phi) is 7.36. The van der Waals surface area contributed by atoms with Gasteiger partial charge in [-0.05, 0) is 54.8 Å². The molecule has 5 aromatic rings. The molecule has 39 heavy (non-hydrogen) atoms. The van der Waals surface area contributed by atoms with Crippen molar-refractivity contribution < 1.29 is 22.4 Å². The van der Waals surface area contributed by atoms with Crippen molar-refractivity contribution in [2.75, 3.05) is 0 Å². The first-order valence-electron chi connectivity index (χ1n) is 12.7. The van der Waals surface area contributed by atoms with E-state index in [1.165, 1.54) is 24.3 Å². The van der Waals surface area contributed by atoms with Crippen LogP contribution in [0.3, 0.4) is 0 Å². The lowest BCUT2D eigenvalue weighted by molar-refractivity contribution is -0.136. The van der Waals surface area contributed by atoms with Crippen LogP contribution < -0.4 is 15.1 Å². The van der Waals surface area contributed by atoms with E-state index >= 15 is 0 Å². The third-order valence-corrected chi connectivity index (χ3v) is 8.04. The summed E-state index contributed by atoms with van der Waals surface area (Å²) < 4.78 is 40.0. The van der Waals surface area contributed by atoms with Gasteiger partial charge in [-0.15, -0.1) is 0 Å². The fraction of sp³-hybridized carbons (Fsp3) is 0.200. The van der Waals surface area contributed by atoms with Gasteiger partial charge in [-0.25, -0.2) is 18.0 Å². The average molecular weight is 545 g/mol. The van der Waals surface area contributed by atoms with E-state index in [0.29, 0.717) is 12.0 Å². The molecule has 8 nitrogen and oxygen atoms in total. The SMILES string of the molecule is CCCc1cc(=O)oc2cc(OC(=O)[C@H](Cc3c[nH]c4ccccc34)NS(=O)(=O)c3ccc(C)cc3)ccc12. The van der Waals surface area contributed by atoms with Gasteiger partial charge in [0.05, 0.1) is 4.90 Å². The van der Waals surface area contributed by atoms with Gasteiger partial charge >= 0.3 is 11.6 Å². The third-order valence-electron chi connectivity index (χ3n) is 6.55.